The maximum Gasteiger partial charge on any atom is 0.310 e. The van der Waals surface area contributed by atoms with Crippen molar-refractivity contribution in [1.82, 2.24) is 19.0 Å². The van der Waals surface area contributed by atoms with E-state index in [9.17, 15) is 18.0 Å². The summed E-state index contributed by atoms with van der Waals surface area (Å²) >= 11 is 6.30. The number of esters is 1. The second kappa shape index (κ2) is 10.5. The quantitative estimate of drug-likeness (QED) is 0.533. The zero-order valence-electron chi connectivity index (χ0n) is 19.9. The van der Waals surface area contributed by atoms with Crippen molar-refractivity contribution in [3.63, 3.8) is 0 Å². The van der Waals surface area contributed by atoms with Gasteiger partial charge >= 0.3 is 5.97 Å². The minimum Gasteiger partial charge on any atom is -0.466 e. The smallest absolute Gasteiger partial charge is 0.310 e. The molecule has 0 bridgehead atoms. The minimum atomic E-state index is -4.01. The molecule has 3 heterocycles. The van der Waals surface area contributed by atoms with E-state index in [-0.39, 0.29) is 42.8 Å². The summed E-state index contributed by atoms with van der Waals surface area (Å²) in [4.78, 5) is 29.1. The Labute approximate surface area is 210 Å². The van der Waals surface area contributed by atoms with Gasteiger partial charge in [0.1, 0.15) is 0 Å². The molecule has 1 aromatic carbocycles. The number of carbonyl (C=O) groups is 2. The second-order valence-corrected chi connectivity index (χ2v) is 11.0. The third-order valence-corrected chi connectivity index (χ3v) is 8.52. The Morgan fingerprint density at radius 2 is 1.86 bits per heavy atom. The first-order valence-electron chi connectivity index (χ1n) is 11.7. The van der Waals surface area contributed by atoms with Gasteiger partial charge in [-0.05, 0) is 31.9 Å². The average Bonchev–Trinajstić information content (AvgIpc) is 3.27. The largest absolute Gasteiger partial charge is 0.466 e. The second-order valence-electron chi connectivity index (χ2n) is 8.71. The van der Waals surface area contributed by atoms with E-state index in [0.29, 0.717) is 37.5 Å². The molecule has 2 fully saturated rings. The summed E-state index contributed by atoms with van der Waals surface area (Å²) in [5.74, 6) is -1.19. The Morgan fingerprint density at radius 1 is 1.14 bits per heavy atom. The number of carbonyl (C=O) groups excluding carboxylic acids is 2. The number of amides is 1. The maximum atomic E-state index is 13.5. The fourth-order valence-corrected chi connectivity index (χ4v) is 6.38. The molecule has 190 valence electrons. The van der Waals surface area contributed by atoms with E-state index in [1.165, 1.54) is 20.1 Å². The summed E-state index contributed by atoms with van der Waals surface area (Å²) in [6, 6.07) is 7.45. The SMILES string of the molecule is CCOC(=O)[C@@H]1CCCN(C(=O)c2cn(C)nc2S(=O)(=O)N2CCN(c3ccccc3Cl)CC2)C1. The molecule has 0 radical (unpaired) electrons. The number of aromatic nitrogens is 2. The summed E-state index contributed by atoms with van der Waals surface area (Å²) < 4.78 is 34.9. The van der Waals surface area contributed by atoms with Gasteiger partial charge in [-0.3, -0.25) is 14.3 Å². The molecule has 2 aromatic rings. The highest BCUT2D eigenvalue weighted by atomic mass is 35.5. The van der Waals surface area contributed by atoms with Gasteiger partial charge in [0.2, 0.25) is 5.03 Å². The molecule has 12 heteroatoms. The predicted molar refractivity (Wildman–Crippen MR) is 131 cm³/mol. The number of halogens is 1. The number of para-hydroxylation sites is 1. The van der Waals surface area contributed by atoms with Gasteiger partial charge in [-0.15, -0.1) is 0 Å². The highest BCUT2D eigenvalue weighted by molar-refractivity contribution is 7.89. The van der Waals surface area contributed by atoms with Crippen LogP contribution in [0.5, 0.6) is 0 Å². The molecule has 4 rings (SSSR count). The van der Waals surface area contributed by atoms with Gasteiger partial charge < -0.3 is 14.5 Å². The highest BCUT2D eigenvalue weighted by Gasteiger charge is 2.37. The Hall–Kier alpha value is -2.63. The number of sulfonamides is 1. The Balaban J connectivity index is 1.51. The number of hydrogen-bond donors (Lipinski definition) is 0. The van der Waals surface area contributed by atoms with Crippen LogP contribution in [0.25, 0.3) is 0 Å². The summed E-state index contributed by atoms with van der Waals surface area (Å²) in [6.07, 6.45) is 2.71. The maximum absolute atomic E-state index is 13.5. The summed E-state index contributed by atoms with van der Waals surface area (Å²) in [7, 11) is -2.42. The molecule has 10 nitrogen and oxygen atoms in total. The summed E-state index contributed by atoms with van der Waals surface area (Å²) in [6.45, 7) is 4.07. The minimum absolute atomic E-state index is 0.0190. The molecule has 2 aliphatic rings. The van der Waals surface area contributed by atoms with Crippen LogP contribution in [0.3, 0.4) is 0 Å². The number of nitrogens with zero attached hydrogens (tertiary/aromatic N) is 5. The van der Waals surface area contributed by atoms with Crippen molar-refractivity contribution in [2.45, 2.75) is 24.8 Å². The number of anilines is 1. The zero-order valence-corrected chi connectivity index (χ0v) is 21.5. The van der Waals surface area contributed by atoms with Gasteiger partial charge in [-0.2, -0.15) is 9.40 Å². The molecule has 0 N–H and O–H groups in total. The number of piperazine rings is 1. The zero-order chi connectivity index (χ0) is 25.2. The number of ether oxygens (including phenoxy) is 1. The van der Waals surface area contributed by atoms with Gasteiger partial charge in [-0.1, -0.05) is 23.7 Å². The average molecular weight is 524 g/mol. The third kappa shape index (κ3) is 5.31. The van der Waals surface area contributed by atoms with E-state index in [4.69, 9.17) is 16.3 Å². The molecule has 0 spiro atoms. The Morgan fingerprint density at radius 3 is 2.54 bits per heavy atom. The lowest BCUT2D eigenvalue weighted by atomic mass is 9.98. The predicted octanol–water partition coefficient (Wildman–Crippen LogP) is 2.00. The van der Waals surface area contributed by atoms with Gasteiger partial charge in [-0.25, -0.2) is 8.42 Å². The standard InChI is InChI=1S/C23H30ClN5O5S/c1-3-34-23(31)17-7-6-10-28(15-17)22(30)18-16-26(2)25-21(18)35(32,33)29-13-11-27(12-14-29)20-9-5-4-8-19(20)24/h4-5,8-9,16-17H,3,6-7,10-15H2,1-2H3/t17-/m1/s1. The van der Waals surface area contributed by atoms with Gasteiger partial charge in [0.05, 0.1) is 28.8 Å². The van der Waals surface area contributed by atoms with Crippen molar-refractivity contribution in [3.8, 4) is 0 Å². The number of piperidine rings is 1. The molecule has 2 aliphatic heterocycles. The molecule has 35 heavy (non-hydrogen) atoms. The summed E-state index contributed by atoms with van der Waals surface area (Å²) in [5.41, 5.74) is 0.881. The van der Waals surface area contributed by atoms with Crippen molar-refractivity contribution in [1.29, 1.82) is 0 Å². The fourth-order valence-electron chi connectivity index (χ4n) is 4.59. The van der Waals surface area contributed by atoms with Crippen LogP contribution in [0.1, 0.15) is 30.1 Å². The molecular weight excluding hydrogens is 494 g/mol. The van der Waals surface area contributed by atoms with Gasteiger partial charge in [0, 0.05) is 52.5 Å². The lowest BCUT2D eigenvalue weighted by Gasteiger charge is -2.35. The van der Waals surface area contributed by atoms with Crippen molar-refractivity contribution in [2.24, 2.45) is 13.0 Å². The van der Waals surface area contributed by atoms with Gasteiger partial charge in [0.15, 0.2) is 0 Å². The van der Waals surface area contributed by atoms with Crippen LogP contribution in [-0.2, 0) is 26.6 Å². The Kier molecular flexibility index (Phi) is 7.67. The molecular formula is C23H30ClN5O5S. The van der Waals surface area contributed by atoms with Crippen molar-refractivity contribution in [3.05, 3.63) is 41.0 Å². The normalized spacial score (nSPS) is 19.6. The van der Waals surface area contributed by atoms with Crippen LogP contribution < -0.4 is 4.90 Å². The monoisotopic (exact) mass is 523 g/mol. The summed E-state index contributed by atoms with van der Waals surface area (Å²) in [5, 5.41) is 4.52. The number of likely N-dealkylation sites (tertiary alicyclic amines) is 1. The van der Waals surface area contributed by atoms with Crippen LogP contribution in [0.4, 0.5) is 5.69 Å². The lowest BCUT2D eigenvalue weighted by molar-refractivity contribution is -0.149. The van der Waals surface area contributed by atoms with E-state index >= 15 is 0 Å². The first kappa shape index (κ1) is 25.5. The number of aryl methyl sites for hydroxylation is 1. The van der Waals surface area contributed by atoms with E-state index in [1.807, 2.05) is 23.1 Å². The van der Waals surface area contributed by atoms with Crippen LogP contribution in [0.15, 0.2) is 35.5 Å². The fraction of sp³-hybridized carbons (Fsp3) is 0.522. The topological polar surface area (TPSA) is 105 Å². The molecule has 1 atom stereocenters. The molecule has 2 saturated heterocycles. The molecule has 1 amide bonds. The van der Waals surface area contributed by atoms with E-state index in [2.05, 4.69) is 5.10 Å². The number of benzene rings is 1. The van der Waals surface area contributed by atoms with E-state index in [0.717, 1.165) is 5.69 Å². The van der Waals surface area contributed by atoms with Crippen LogP contribution in [-0.4, -0.2) is 85.2 Å². The van der Waals surface area contributed by atoms with Crippen LogP contribution in [0, 0.1) is 5.92 Å². The lowest BCUT2D eigenvalue weighted by Crippen LogP contribution is -2.49. The number of hydrogen-bond acceptors (Lipinski definition) is 7. The van der Waals surface area contributed by atoms with Crippen molar-refractivity contribution < 1.29 is 22.7 Å². The van der Waals surface area contributed by atoms with Crippen LogP contribution >= 0.6 is 11.6 Å². The Bertz CT molecular complexity index is 1190. The van der Waals surface area contributed by atoms with E-state index in [1.54, 1.807) is 20.0 Å². The van der Waals surface area contributed by atoms with Gasteiger partial charge in [0.25, 0.3) is 15.9 Å². The molecule has 0 saturated carbocycles. The van der Waals surface area contributed by atoms with Crippen molar-refractivity contribution in [2.75, 3.05) is 50.8 Å². The molecule has 1 aromatic heterocycles. The number of rotatable bonds is 6. The highest BCUT2D eigenvalue weighted by Crippen LogP contribution is 2.28. The molecule has 0 aliphatic carbocycles. The molecule has 0 unspecified atom stereocenters. The first-order chi connectivity index (χ1) is 16.7. The van der Waals surface area contributed by atoms with E-state index < -0.39 is 21.8 Å². The first-order valence-corrected chi connectivity index (χ1v) is 13.5. The van der Waals surface area contributed by atoms with Crippen molar-refractivity contribution >= 4 is 39.2 Å². The van der Waals surface area contributed by atoms with Crippen LogP contribution in [0.2, 0.25) is 5.02 Å². The third-order valence-electron chi connectivity index (χ3n) is 6.37.